The van der Waals surface area contributed by atoms with E-state index in [-0.39, 0.29) is 11.9 Å². The van der Waals surface area contributed by atoms with E-state index in [1.54, 1.807) is 0 Å². The van der Waals surface area contributed by atoms with Crippen LogP contribution in [0.5, 0.6) is 0 Å². The van der Waals surface area contributed by atoms with Crippen LogP contribution < -0.4 is 0 Å². The Morgan fingerprint density at radius 2 is 2.38 bits per heavy atom. The largest absolute Gasteiger partial charge is 0.469 e. The number of aliphatic hydroxyl groups excluding tert-OH is 1. The molecule has 0 saturated heterocycles. The number of hydrogen-bond donors (Lipinski definition) is 1. The summed E-state index contributed by atoms with van der Waals surface area (Å²) in [6.45, 7) is 0. The minimum atomic E-state index is -0.456. The first-order valence-electron chi connectivity index (χ1n) is 4.65. The highest BCUT2D eigenvalue weighted by molar-refractivity contribution is 5.69. The van der Waals surface area contributed by atoms with E-state index in [2.05, 4.69) is 10.8 Å². The molecule has 2 aliphatic carbocycles. The van der Waals surface area contributed by atoms with Crippen LogP contribution in [0.4, 0.5) is 0 Å². The molecule has 4 unspecified atom stereocenters. The molecule has 0 spiro atoms. The molecule has 2 aliphatic rings. The molecule has 0 bridgehead atoms. The number of rotatable bonds is 2. The van der Waals surface area contributed by atoms with Gasteiger partial charge in [-0.15, -0.1) is 0 Å². The number of carbonyl (C=O) groups excluding carboxylic acids is 1. The first-order chi connectivity index (χ1) is 6.22. The van der Waals surface area contributed by atoms with Gasteiger partial charge in [0.25, 0.3) is 0 Å². The molecule has 13 heavy (non-hydrogen) atoms. The van der Waals surface area contributed by atoms with Crippen molar-refractivity contribution in [1.29, 1.82) is 0 Å². The molecule has 0 aliphatic heterocycles. The van der Waals surface area contributed by atoms with Gasteiger partial charge in [-0.1, -0.05) is 12.2 Å². The van der Waals surface area contributed by atoms with Gasteiger partial charge in [0.1, 0.15) is 0 Å². The Morgan fingerprint density at radius 3 is 3.08 bits per heavy atom. The monoisotopic (exact) mass is 182 g/mol. The second kappa shape index (κ2) is 3.14. The van der Waals surface area contributed by atoms with E-state index in [4.69, 9.17) is 0 Å². The molecular formula is C10H14O3. The molecule has 4 atom stereocenters. The van der Waals surface area contributed by atoms with Crippen molar-refractivity contribution in [3.8, 4) is 0 Å². The lowest BCUT2D eigenvalue weighted by atomic mass is 9.88. The molecule has 3 heteroatoms. The van der Waals surface area contributed by atoms with Crippen LogP contribution >= 0.6 is 0 Å². The molecule has 1 fully saturated rings. The predicted molar refractivity (Wildman–Crippen MR) is 46.9 cm³/mol. The number of allylic oxidation sites excluding steroid dienone is 1. The van der Waals surface area contributed by atoms with Gasteiger partial charge in [-0.2, -0.15) is 0 Å². The predicted octanol–water partition coefficient (Wildman–Crippen LogP) is 0.732. The van der Waals surface area contributed by atoms with Gasteiger partial charge in [-0.3, -0.25) is 4.79 Å². The van der Waals surface area contributed by atoms with Crippen LogP contribution in [-0.4, -0.2) is 24.3 Å². The van der Waals surface area contributed by atoms with Crippen molar-refractivity contribution in [3.05, 3.63) is 12.2 Å². The Hall–Kier alpha value is -0.830. The molecule has 0 amide bonds. The lowest BCUT2D eigenvalue weighted by molar-refractivity contribution is -0.142. The standard InChI is InChI=1S/C10H14O3/c1-13-10(12)5-8-7-4-6(7)2-3-9(8)11/h2-3,6-9,11H,4-5H2,1H3. The average molecular weight is 182 g/mol. The maximum Gasteiger partial charge on any atom is 0.305 e. The number of esters is 1. The summed E-state index contributed by atoms with van der Waals surface area (Å²) < 4.78 is 4.59. The molecular weight excluding hydrogens is 168 g/mol. The molecule has 1 N–H and O–H groups in total. The Morgan fingerprint density at radius 1 is 1.62 bits per heavy atom. The van der Waals surface area contributed by atoms with Crippen molar-refractivity contribution in [2.24, 2.45) is 17.8 Å². The van der Waals surface area contributed by atoms with Gasteiger partial charge in [0, 0.05) is 5.92 Å². The van der Waals surface area contributed by atoms with Crippen molar-refractivity contribution in [2.45, 2.75) is 18.9 Å². The van der Waals surface area contributed by atoms with Gasteiger partial charge in [-0.05, 0) is 18.3 Å². The third kappa shape index (κ3) is 1.61. The molecule has 3 nitrogen and oxygen atoms in total. The lowest BCUT2D eigenvalue weighted by Crippen LogP contribution is -2.26. The minimum Gasteiger partial charge on any atom is -0.469 e. The fourth-order valence-corrected chi connectivity index (χ4v) is 2.15. The van der Waals surface area contributed by atoms with Gasteiger partial charge in [0.15, 0.2) is 0 Å². The molecule has 2 rings (SSSR count). The Labute approximate surface area is 77.4 Å². The summed E-state index contributed by atoms with van der Waals surface area (Å²) in [5, 5.41) is 9.62. The zero-order valence-electron chi connectivity index (χ0n) is 7.64. The average Bonchev–Trinajstić information content (AvgIpc) is 2.88. The van der Waals surface area contributed by atoms with Crippen LogP contribution in [0.3, 0.4) is 0 Å². The molecule has 0 aromatic heterocycles. The summed E-state index contributed by atoms with van der Waals surface area (Å²) in [6, 6.07) is 0. The van der Waals surface area contributed by atoms with E-state index in [1.165, 1.54) is 7.11 Å². The van der Waals surface area contributed by atoms with Crippen molar-refractivity contribution in [2.75, 3.05) is 7.11 Å². The zero-order chi connectivity index (χ0) is 9.42. The topological polar surface area (TPSA) is 46.5 Å². The van der Waals surface area contributed by atoms with Gasteiger partial charge in [0.2, 0.25) is 0 Å². The lowest BCUT2D eigenvalue weighted by Gasteiger charge is -2.22. The number of carbonyl (C=O) groups is 1. The quantitative estimate of drug-likeness (QED) is 0.506. The summed E-state index contributed by atoms with van der Waals surface area (Å²) in [5.74, 6) is 0.990. The highest BCUT2D eigenvalue weighted by atomic mass is 16.5. The zero-order valence-corrected chi connectivity index (χ0v) is 7.64. The fourth-order valence-electron chi connectivity index (χ4n) is 2.15. The van der Waals surface area contributed by atoms with E-state index in [0.29, 0.717) is 18.3 Å². The maximum absolute atomic E-state index is 11.0. The van der Waals surface area contributed by atoms with Crippen molar-refractivity contribution in [1.82, 2.24) is 0 Å². The van der Waals surface area contributed by atoms with Crippen LogP contribution in [0.2, 0.25) is 0 Å². The Balaban J connectivity index is 1.98. The second-order valence-corrected chi connectivity index (χ2v) is 3.88. The fraction of sp³-hybridized carbons (Fsp3) is 0.700. The Bertz CT molecular complexity index is 247. The van der Waals surface area contributed by atoms with Crippen LogP contribution in [-0.2, 0) is 9.53 Å². The minimum absolute atomic E-state index is 0.0856. The number of hydrogen-bond acceptors (Lipinski definition) is 3. The van der Waals surface area contributed by atoms with E-state index in [9.17, 15) is 9.90 Å². The summed E-state index contributed by atoms with van der Waals surface area (Å²) in [6.07, 6.45) is 4.88. The first-order valence-corrected chi connectivity index (χ1v) is 4.65. The third-order valence-electron chi connectivity index (χ3n) is 3.07. The molecule has 0 radical (unpaired) electrons. The molecule has 0 aromatic carbocycles. The van der Waals surface area contributed by atoms with E-state index >= 15 is 0 Å². The highest BCUT2D eigenvalue weighted by Gasteiger charge is 2.46. The third-order valence-corrected chi connectivity index (χ3v) is 3.07. The highest BCUT2D eigenvalue weighted by Crippen LogP contribution is 2.50. The smallest absolute Gasteiger partial charge is 0.305 e. The SMILES string of the molecule is COC(=O)CC1C(O)C=CC2CC21. The molecule has 0 heterocycles. The van der Waals surface area contributed by atoms with Crippen LogP contribution in [0, 0.1) is 17.8 Å². The second-order valence-electron chi connectivity index (χ2n) is 3.88. The van der Waals surface area contributed by atoms with Crippen LogP contribution in [0.15, 0.2) is 12.2 Å². The summed E-state index contributed by atoms with van der Waals surface area (Å²) >= 11 is 0. The van der Waals surface area contributed by atoms with E-state index in [0.717, 1.165) is 6.42 Å². The van der Waals surface area contributed by atoms with Crippen LogP contribution in [0.25, 0.3) is 0 Å². The van der Waals surface area contributed by atoms with E-state index in [1.807, 2.05) is 6.08 Å². The summed E-state index contributed by atoms with van der Waals surface area (Å²) in [7, 11) is 1.39. The number of methoxy groups -OCH3 is 1. The van der Waals surface area contributed by atoms with Crippen LogP contribution in [0.1, 0.15) is 12.8 Å². The first kappa shape index (κ1) is 8.75. The van der Waals surface area contributed by atoms with Crippen molar-refractivity contribution >= 4 is 5.97 Å². The molecule has 1 saturated carbocycles. The number of fused-ring (bicyclic) bond motifs is 1. The van der Waals surface area contributed by atoms with Gasteiger partial charge < -0.3 is 9.84 Å². The Kier molecular flexibility index (Phi) is 2.12. The number of aliphatic hydroxyl groups is 1. The normalized spacial score (nSPS) is 41.1. The summed E-state index contributed by atoms with van der Waals surface area (Å²) in [4.78, 5) is 11.0. The van der Waals surface area contributed by atoms with Gasteiger partial charge in [-0.25, -0.2) is 0 Å². The van der Waals surface area contributed by atoms with Crippen molar-refractivity contribution in [3.63, 3.8) is 0 Å². The number of ether oxygens (including phenoxy) is 1. The molecule has 0 aromatic rings. The van der Waals surface area contributed by atoms with E-state index < -0.39 is 6.10 Å². The molecule has 72 valence electrons. The van der Waals surface area contributed by atoms with Gasteiger partial charge >= 0.3 is 5.97 Å². The van der Waals surface area contributed by atoms with Gasteiger partial charge in [0.05, 0.1) is 19.6 Å². The summed E-state index contributed by atoms with van der Waals surface area (Å²) in [5.41, 5.74) is 0. The van der Waals surface area contributed by atoms with Crippen molar-refractivity contribution < 1.29 is 14.6 Å². The maximum atomic E-state index is 11.0.